The van der Waals surface area contributed by atoms with Gasteiger partial charge in [0.05, 0.1) is 10.2 Å². The van der Waals surface area contributed by atoms with E-state index in [-0.39, 0.29) is 18.3 Å². The number of halogens is 1. The molecular formula is C23H28ClN3OS. The predicted molar refractivity (Wildman–Crippen MR) is 127 cm³/mol. The van der Waals surface area contributed by atoms with Crippen LogP contribution < -0.4 is 4.90 Å². The fraction of sp³-hybridized carbons (Fsp3) is 0.304. The van der Waals surface area contributed by atoms with Crippen LogP contribution in [0.15, 0.2) is 48.5 Å². The normalized spacial score (nSPS) is 11.2. The van der Waals surface area contributed by atoms with E-state index in [4.69, 9.17) is 4.98 Å². The summed E-state index contributed by atoms with van der Waals surface area (Å²) < 4.78 is 1.13. The van der Waals surface area contributed by atoms with Crippen molar-refractivity contribution in [2.75, 3.05) is 32.1 Å². The van der Waals surface area contributed by atoms with Crippen molar-refractivity contribution in [2.45, 2.75) is 20.3 Å². The first-order chi connectivity index (χ1) is 13.4. The number of hydrogen-bond donors (Lipinski definition) is 0. The van der Waals surface area contributed by atoms with E-state index in [0.717, 1.165) is 39.4 Å². The Bertz CT molecular complexity index is 982. The van der Waals surface area contributed by atoms with Crippen LogP contribution in [0.4, 0.5) is 5.13 Å². The molecule has 1 aromatic heterocycles. The highest BCUT2D eigenvalue weighted by atomic mass is 35.5. The average molecular weight is 430 g/mol. The van der Waals surface area contributed by atoms with Gasteiger partial charge in [-0.15, -0.1) is 12.4 Å². The Hall–Kier alpha value is -2.21. The van der Waals surface area contributed by atoms with Gasteiger partial charge in [-0.05, 0) is 69.7 Å². The summed E-state index contributed by atoms with van der Waals surface area (Å²) in [5.41, 5.74) is 4.37. The molecule has 1 heterocycles. The minimum atomic E-state index is -0.0314. The standard InChI is InChI=1S/C23H27N3OS.ClH/c1-17-15-18(2)22-20(16-17)28-23(24-22)26(14-8-13-25(3)4)21(27)12-11-19-9-6-5-7-10-19;/h5-7,9-12,15-16H,8,13-14H2,1-4H3;1H. The number of carbonyl (C=O) groups excluding carboxylic acids is 1. The molecular weight excluding hydrogens is 402 g/mol. The van der Waals surface area contributed by atoms with Gasteiger partial charge in [-0.25, -0.2) is 4.98 Å². The zero-order valence-electron chi connectivity index (χ0n) is 17.4. The first kappa shape index (κ1) is 23.1. The second kappa shape index (κ2) is 10.5. The number of carbonyl (C=O) groups is 1. The minimum Gasteiger partial charge on any atom is -0.309 e. The molecule has 0 bridgehead atoms. The van der Waals surface area contributed by atoms with Crippen LogP contribution in [0.25, 0.3) is 16.3 Å². The number of hydrogen-bond acceptors (Lipinski definition) is 4. The van der Waals surface area contributed by atoms with Gasteiger partial charge in [0.25, 0.3) is 5.91 Å². The molecule has 0 aliphatic rings. The maximum absolute atomic E-state index is 13.0. The SMILES string of the molecule is Cc1cc(C)c2nc(N(CCCN(C)C)C(=O)C=Cc3ccccc3)sc2c1.Cl. The van der Waals surface area contributed by atoms with E-state index < -0.39 is 0 Å². The lowest BCUT2D eigenvalue weighted by Crippen LogP contribution is -2.32. The average Bonchev–Trinajstić information content (AvgIpc) is 3.08. The Morgan fingerprint density at radius 1 is 1.10 bits per heavy atom. The van der Waals surface area contributed by atoms with Gasteiger partial charge >= 0.3 is 0 Å². The van der Waals surface area contributed by atoms with Crippen molar-refractivity contribution < 1.29 is 4.79 Å². The summed E-state index contributed by atoms with van der Waals surface area (Å²) in [5.74, 6) is -0.0314. The molecule has 0 aliphatic heterocycles. The summed E-state index contributed by atoms with van der Waals surface area (Å²) in [6, 6.07) is 14.2. The Labute approximate surface area is 183 Å². The molecule has 0 spiro atoms. The molecule has 0 fully saturated rings. The molecule has 0 radical (unpaired) electrons. The van der Waals surface area contributed by atoms with Crippen molar-refractivity contribution in [3.8, 4) is 0 Å². The maximum atomic E-state index is 13.0. The highest BCUT2D eigenvalue weighted by Crippen LogP contribution is 2.32. The number of anilines is 1. The Kier molecular flexibility index (Phi) is 8.38. The lowest BCUT2D eigenvalue weighted by molar-refractivity contribution is -0.114. The monoisotopic (exact) mass is 429 g/mol. The Balaban J connectivity index is 0.00000300. The second-order valence-electron chi connectivity index (χ2n) is 7.32. The van der Waals surface area contributed by atoms with Gasteiger partial charge in [-0.3, -0.25) is 9.69 Å². The lowest BCUT2D eigenvalue weighted by Gasteiger charge is -2.19. The zero-order valence-corrected chi connectivity index (χ0v) is 19.0. The first-order valence-corrected chi connectivity index (χ1v) is 10.3. The molecule has 3 rings (SSSR count). The third-order valence-electron chi connectivity index (χ3n) is 4.52. The third kappa shape index (κ3) is 6.13. The molecule has 6 heteroatoms. The van der Waals surface area contributed by atoms with Crippen LogP contribution in [0, 0.1) is 13.8 Å². The number of amides is 1. The minimum absolute atomic E-state index is 0. The van der Waals surface area contributed by atoms with Gasteiger partial charge in [-0.2, -0.15) is 0 Å². The number of aryl methyl sites for hydroxylation is 2. The van der Waals surface area contributed by atoms with Crippen molar-refractivity contribution in [1.29, 1.82) is 0 Å². The van der Waals surface area contributed by atoms with Gasteiger partial charge in [-0.1, -0.05) is 47.7 Å². The molecule has 0 unspecified atom stereocenters. The summed E-state index contributed by atoms with van der Waals surface area (Å²) >= 11 is 1.59. The number of nitrogens with zero attached hydrogens (tertiary/aromatic N) is 3. The Morgan fingerprint density at radius 3 is 2.52 bits per heavy atom. The Morgan fingerprint density at radius 2 is 1.83 bits per heavy atom. The van der Waals surface area contributed by atoms with Gasteiger partial charge in [0, 0.05) is 12.6 Å². The van der Waals surface area contributed by atoms with Crippen LogP contribution in [0.2, 0.25) is 0 Å². The number of thiazole rings is 1. The fourth-order valence-corrected chi connectivity index (χ4v) is 4.31. The van der Waals surface area contributed by atoms with E-state index in [1.165, 1.54) is 5.56 Å². The molecule has 3 aromatic rings. The van der Waals surface area contributed by atoms with Gasteiger partial charge in [0.2, 0.25) is 0 Å². The summed E-state index contributed by atoms with van der Waals surface area (Å²) in [7, 11) is 4.09. The molecule has 0 N–H and O–H groups in total. The molecule has 29 heavy (non-hydrogen) atoms. The number of aromatic nitrogens is 1. The molecule has 0 saturated heterocycles. The first-order valence-electron chi connectivity index (χ1n) is 9.51. The van der Waals surface area contributed by atoms with Crippen molar-refractivity contribution in [3.63, 3.8) is 0 Å². The van der Waals surface area contributed by atoms with Crippen LogP contribution in [0.3, 0.4) is 0 Å². The molecule has 1 amide bonds. The molecule has 0 aliphatic carbocycles. The highest BCUT2D eigenvalue weighted by Gasteiger charge is 2.18. The van der Waals surface area contributed by atoms with E-state index >= 15 is 0 Å². The van der Waals surface area contributed by atoms with Crippen LogP contribution in [-0.2, 0) is 4.79 Å². The van der Waals surface area contributed by atoms with E-state index in [9.17, 15) is 4.79 Å². The summed E-state index contributed by atoms with van der Waals surface area (Å²) in [4.78, 5) is 21.8. The van der Waals surface area contributed by atoms with Crippen LogP contribution >= 0.6 is 23.7 Å². The van der Waals surface area contributed by atoms with Crippen LogP contribution in [0.1, 0.15) is 23.1 Å². The predicted octanol–water partition coefficient (Wildman–Crippen LogP) is 5.33. The zero-order chi connectivity index (χ0) is 20.1. The summed E-state index contributed by atoms with van der Waals surface area (Å²) in [6.45, 7) is 5.74. The number of rotatable bonds is 7. The summed E-state index contributed by atoms with van der Waals surface area (Å²) in [6.07, 6.45) is 4.41. The number of benzene rings is 2. The summed E-state index contributed by atoms with van der Waals surface area (Å²) in [5, 5.41) is 0.769. The van der Waals surface area contributed by atoms with Crippen molar-refractivity contribution in [3.05, 3.63) is 65.2 Å². The van der Waals surface area contributed by atoms with E-state index in [1.807, 2.05) is 55.4 Å². The van der Waals surface area contributed by atoms with Gasteiger partial charge < -0.3 is 4.90 Å². The van der Waals surface area contributed by atoms with Gasteiger partial charge in [0.1, 0.15) is 0 Å². The van der Waals surface area contributed by atoms with Crippen molar-refractivity contribution >= 4 is 51.1 Å². The van der Waals surface area contributed by atoms with E-state index in [0.29, 0.717) is 6.54 Å². The maximum Gasteiger partial charge on any atom is 0.252 e. The van der Waals surface area contributed by atoms with Crippen LogP contribution in [0.5, 0.6) is 0 Å². The van der Waals surface area contributed by atoms with E-state index in [1.54, 1.807) is 17.4 Å². The fourth-order valence-electron chi connectivity index (χ4n) is 3.14. The topological polar surface area (TPSA) is 36.4 Å². The molecule has 0 saturated carbocycles. The molecule has 0 atom stereocenters. The highest BCUT2D eigenvalue weighted by molar-refractivity contribution is 7.22. The number of fused-ring (bicyclic) bond motifs is 1. The second-order valence-corrected chi connectivity index (χ2v) is 8.32. The largest absolute Gasteiger partial charge is 0.309 e. The molecule has 154 valence electrons. The quantitative estimate of drug-likeness (QED) is 0.476. The molecule has 4 nitrogen and oxygen atoms in total. The lowest BCUT2D eigenvalue weighted by atomic mass is 10.1. The van der Waals surface area contributed by atoms with Gasteiger partial charge in [0.15, 0.2) is 5.13 Å². The van der Waals surface area contributed by atoms with E-state index in [2.05, 4.69) is 30.9 Å². The third-order valence-corrected chi connectivity index (χ3v) is 5.55. The van der Waals surface area contributed by atoms with Crippen LogP contribution in [-0.4, -0.2) is 43.0 Å². The van der Waals surface area contributed by atoms with Crippen molar-refractivity contribution in [2.24, 2.45) is 0 Å². The molecule has 2 aromatic carbocycles. The van der Waals surface area contributed by atoms with Crippen molar-refractivity contribution in [1.82, 2.24) is 9.88 Å². The smallest absolute Gasteiger partial charge is 0.252 e.